The molecule has 1 heterocycles. The van der Waals surface area contributed by atoms with E-state index >= 15 is 0 Å². The minimum Gasteiger partial charge on any atom is -0.411 e. The molecule has 5 heteroatoms. The van der Waals surface area contributed by atoms with E-state index in [2.05, 4.69) is 10.1 Å². The summed E-state index contributed by atoms with van der Waals surface area (Å²) in [6.07, 6.45) is 2.23. The highest BCUT2D eigenvalue weighted by molar-refractivity contribution is 6.31. The summed E-state index contributed by atoms with van der Waals surface area (Å²) in [6.45, 7) is 1.70. The molecular formula is C11H10ClFN2O. The summed E-state index contributed by atoms with van der Waals surface area (Å²) >= 11 is 5.67. The fraction of sp³-hybridized carbons (Fsp3) is 0.182. The first-order chi connectivity index (χ1) is 7.61. The van der Waals surface area contributed by atoms with Gasteiger partial charge in [-0.15, -0.1) is 0 Å². The van der Waals surface area contributed by atoms with Gasteiger partial charge in [0.15, 0.2) is 0 Å². The van der Waals surface area contributed by atoms with Crippen molar-refractivity contribution in [1.29, 1.82) is 0 Å². The molecule has 0 bridgehead atoms. The zero-order valence-corrected chi connectivity index (χ0v) is 9.35. The smallest absolute Gasteiger partial charge is 0.142 e. The molecule has 2 aromatic rings. The molecule has 0 aliphatic rings. The van der Waals surface area contributed by atoms with Crippen molar-refractivity contribution in [3.63, 3.8) is 0 Å². The van der Waals surface area contributed by atoms with Crippen molar-refractivity contribution in [2.24, 2.45) is 5.16 Å². The molecule has 0 atom stereocenters. The Morgan fingerprint density at radius 2 is 2.31 bits per heavy atom. The number of rotatable bonds is 2. The second-order valence-corrected chi connectivity index (χ2v) is 4.05. The third-order valence-corrected chi connectivity index (χ3v) is 2.71. The number of nitrogens with one attached hydrogen (secondary N) is 1. The van der Waals surface area contributed by atoms with E-state index in [9.17, 15) is 4.39 Å². The van der Waals surface area contributed by atoms with Gasteiger partial charge in [0.05, 0.1) is 10.7 Å². The first-order valence-corrected chi connectivity index (χ1v) is 5.12. The van der Waals surface area contributed by atoms with Gasteiger partial charge in [-0.2, -0.15) is 0 Å². The fourth-order valence-corrected chi connectivity index (χ4v) is 1.80. The standard InChI is InChI=1S/C11H10ClFN2O/c1-6(15-16)2-7-5-14-11-4-9(12)10(13)3-8(7)11/h3-5,14,16H,2H2,1H3/b15-6+. The number of H-pyrrole nitrogens is 1. The molecule has 2 rings (SSSR count). The molecule has 0 saturated heterocycles. The third kappa shape index (κ3) is 1.88. The number of aromatic amines is 1. The predicted octanol–water partition coefficient (Wildman–Crippen LogP) is 3.35. The van der Waals surface area contributed by atoms with Gasteiger partial charge in [0, 0.05) is 23.5 Å². The summed E-state index contributed by atoms with van der Waals surface area (Å²) in [4.78, 5) is 3.00. The van der Waals surface area contributed by atoms with E-state index in [4.69, 9.17) is 16.8 Å². The first-order valence-electron chi connectivity index (χ1n) is 4.74. The largest absolute Gasteiger partial charge is 0.411 e. The van der Waals surface area contributed by atoms with Gasteiger partial charge in [0.1, 0.15) is 5.82 Å². The van der Waals surface area contributed by atoms with Crippen LogP contribution in [0.3, 0.4) is 0 Å². The minimum absolute atomic E-state index is 0.0912. The SMILES string of the molecule is C/C(Cc1c[nH]c2cc(Cl)c(F)cc12)=N\O. The quantitative estimate of drug-likeness (QED) is 0.472. The molecular weight excluding hydrogens is 231 g/mol. The second kappa shape index (κ2) is 4.14. The summed E-state index contributed by atoms with van der Waals surface area (Å²) in [6, 6.07) is 2.93. The molecule has 0 saturated carbocycles. The third-order valence-electron chi connectivity index (χ3n) is 2.43. The molecule has 2 N–H and O–H groups in total. The lowest BCUT2D eigenvalue weighted by atomic mass is 10.1. The van der Waals surface area contributed by atoms with Gasteiger partial charge >= 0.3 is 0 Å². The summed E-state index contributed by atoms with van der Waals surface area (Å²) in [5.74, 6) is -0.450. The van der Waals surface area contributed by atoms with Crippen molar-refractivity contribution in [3.05, 3.63) is 34.7 Å². The molecule has 0 radical (unpaired) electrons. The van der Waals surface area contributed by atoms with Crippen LogP contribution in [0.1, 0.15) is 12.5 Å². The normalized spacial score (nSPS) is 12.3. The lowest BCUT2D eigenvalue weighted by Crippen LogP contribution is -1.96. The number of nitrogens with zero attached hydrogens (tertiary/aromatic N) is 1. The topological polar surface area (TPSA) is 48.4 Å². The summed E-state index contributed by atoms with van der Waals surface area (Å²) in [5, 5.41) is 12.5. The van der Waals surface area contributed by atoms with E-state index in [1.807, 2.05) is 0 Å². The molecule has 1 aromatic heterocycles. The van der Waals surface area contributed by atoms with Crippen LogP contribution >= 0.6 is 11.6 Å². The van der Waals surface area contributed by atoms with Gasteiger partial charge in [-0.25, -0.2) is 4.39 Å². The summed E-state index contributed by atoms with van der Waals surface area (Å²) in [7, 11) is 0. The number of oxime groups is 1. The van der Waals surface area contributed by atoms with Crippen LogP contribution in [0.4, 0.5) is 4.39 Å². The van der Waals surface area contributed by atoms with Crippen LogP contribution in [0.25, 0.3) is 10.9 Å². The molecule has 16 heavy (non-hydrogen) atoms. The Kier molecular flexibility index (Phi) is 2.83. The molecule has 0 unspecified atom stereocenters. The molecule has 3 nitrogen and oxygen atoms in total. The van der Waals surface area contributed by atoms with Gasteiger partial charge in [-0.1, -0.05) is 16.8 Å². The van der Waals surface area contributed by atoms with Crippen LogP contribution in [-0.2, 0) is 6.42 Å². The van der Waals surface area contributed by atoms with Crippen molar-refractivity contribution in [1.82, 2.24) is 4.98 Å². The minimum atomic E-state index is -0.450. The highest BCUT2D eigenvalue weighted by atomic mass is 35.5. The average Bonchev–Trinajstić information content (AvgIpc) is 2.62. The van der Waals surface area contributed by atoms with E-state index in [0.29, 0.717) is 12.1 Å². The van der Waals surface area contributed by atoms with E-state index < -0.39 is 5.82 Å². The molecule has 0 aliphatic carbocycles. The Morgan fingerprint density at radius 3 is 3.00 bits per heavy atom. The molecule has 0 aliphatic heterocycles. The number of aromatic nitrogens is 1. The fourth-order valence-electron chi connectivity index (χ4n) is 1.63. The maximum absolute atomic E-state index is 13.3. The van der Waals surface area contributed by atoms with Gasteiger partial charge in [0.2, 0.25) is 0 Å². The van der Waals surface area contributed by atoms with Crippen molar-refractivity contribution in [3.8, 4) is 0 Å². The van der Waals surface area contributed by atoms with Crippen LogP contribution in [-0.4, -0.2) is 15.9 Å². The lowest BCUT2D eigenvalue weighted by Gasteiger charge is -1.99. The maximum atomic E-state index is 13.3. The van der Waals surface area contributed by atoms with Crippen LogP contribution in [0.2, 0.25) is 5.02 Å². The van der Waals surface area contributed by atoms with Crippen molar-refractivity contribution >= 4 is 28.2 Å². The van der Waals surface area contributed by atoms with Gasteiger partial charge in [-0.3, -0.25) is 0 Å². The Hall–Kier alpha value is -1.55. The molecule has 0 fully saturated rings. The number of hydrogen-bond donors (Lipinski definition) is 2. The van der Waals surface area contributed by atoms with Crippen LogP contribution < -0.4 is 0 Å². The van der Waals surface area contributed by atoms with Crippen molar-refractivity contribution in [2.45, 2.75) is 13.3 Å². The van der Waals surface area contributed by atoms with E-state index in [1.54, 1.807) is 19.2 Å². The number of benzene rings is 1. The number of halogens is 2. The summed E-state index contributed by atoms with van der Waals surface area (Å²) in [5.41, 5.74) is 2.21. The highest BCUT2D eigenvalue weighted by Crippen LogP contribution is 2.25. The van der Waals surface area contributed by atoms with Crippen molar-refractivity contribution < 1.29 is 9.60 Å². The Balaban J connectivity index is 2.52. The molecule has 84 valence electrons. The van der Waals surface area contributed by atoms with E-state index in [1.165, 1.54) is 6.07 Å². The van der Waals surface area contributed by atoms with Crippen LogP contribution in [0.15, 0.2) is 23.5 Å². The Bertz CT molecular complexity index is 562. The first kappa shape index (κ1) is 11.0. The van der Waals surface area contributed by atoms with Crippen LogP contribution in [0, 0.1) is 5.82 Å². The Labute approximate surface area is 96.5 Å². The summed E-state index contributed by atoms with van der Waals surface area (Å²) < 4.78 is 13.3. The van der Waals surface area contributed by atoms with E-state index in [0.717, 1.165) is 16.5 Å². The zero-order chi connectivity index (χ0) is 11.7. The van der Waals surface area contributed by atoms with Crippen molar-refractivity contribution in [2.75, 3.05) is 0 Å². The second-order valence-electron chi connectivity index (χ2n) is 3.64. The average molecular weight is 241 g/mol. The maximum Gasteiger partial charge on any atom is 0.142 e. The van der Waals surface area contributed by atoms with Gasteiger partial charge in [-0.05, 0) is 24.6 Å². The number of fused-ring (bicyclic) bond motifs is 1. The van der Waals surface area contributed by atoms with Crippen LogP contribution in [0.5, 0.6) is 0 Å². The molecule has 0 spiro atoms. The highest BCUT2D eigenvalue weighted by Gasteiger charge is 2.09. The predicted molar refractivity (Wildman–Crippen MR) is 61.9 cm³/mol. The zero-order valence-electron chi connectivity index (χ0n) is 8.59. The van der Waals surface area contributed by atoms with Gasteiger partial charge in [0.25, 0.3) is 0 Å². The Morgan fingerprint density at radius 1 is 1.56 bits per heavy atom. The van der Waals surface area contributed by atoms with Gasteiger partial charge < -0.3 is 10.2 Å². The molecule has 0 amide bonds. The monoisotopic (exact) mass is 240 g/mol. The number of hydrogen-bond acceptors (Lipinski definition) is 2. The van der Waals surface area contributed by atoms with E-state index in [-0.39, 0.29) is 5.02 Å². The molecule has 1 aromatic carbocycles. The lowest BCUT2D eigenvalue weighted by molar-refractivity contribution is 0.317.